The first kappa shape index (κ1) is 14.7. The molecule has 1 heterocycles. The van der Waals surface area contributed by atoms with Crippen LogP contribution in [-0.2, 0) is 4.79 Å². The van der Waals surface area contributed by atoms with E-state index in [1.165, 1.54) is 12.3 Å². The Kier molecular flexibility index (Phi) is 4.67. The standard InChI is InChI=1S/C10H9F3N2O4/c11-10(12,13)9(18)15-1-2-19-7-3-6(8(16)17)4-14-5-7/h3-5H,1-2H2,(H,15,18)(H,16,17). The fourth-order valence-corrected chi connectivity index (χ4v) is 1.05. The van der Waals surface area contributed by atoms with Crippen LogP contribution < -0.4 is 10.1 Å². The number of carbonyl (C=O) groups excluding carboxylic acids is 1. The first-order valence-electron chi connectivity index (χ1n) is 4.97. The lowest BCUT2D eigenvalue weighted by molar-refractivity contribution is -0.173. The van der Waals surface area contributed by atoms with Crippen LogP contribution >= 0.6 is 0 Å². The van der Waals surface area contributed by atoms with Gasteiger partial charge in [-0.05, 0) is 6.07 Å². The number of carboxylic acids is 1. The van der Waals surface area contributed by atoms with Crippen molar-refractivity contribution in [2.45, 2.75) is 6.18 Å². The van der Waals surface area contributed by atoms with Crippen molar-refractivity contribution < 1.29 is 32.6 Å². The van der Waals surface area contributed by atoms with Crippen molar-refractivity contribution in [1.82, 2.24) is 10.3 Å². The van der Waals surface area contributed by atoms with Gasteiger partial charge in [-0.25, -0.2) is 4.79 Å². The normalized spacial score (nSPS) is 10.9. The van der Waals surface area contributed by atoms with Crippen molar-refractivity contribution >= 4 is 11.9 Å². The van der Waals surface area contributed by atoms with Gasteiger partial charge in [0.05, 0.1) is 18.3 Å². The van der Waals surface area contributed by atoms with Crippen LogP contribution in [0.4, 0.5) is 13.2 Å². The smallest absolute Gasteiger partial charge is 0.471 e. The zero-order valence-electron chi connectivity index (χ0n) is 9.40. The summed E-state index contributed by atoms with van der Waals surface area (Å²) in [5, 5.41) is 10.3. The lowest BCUT2D eigenvalue weighted by atomic mass is 10.3. The third kappa shape index (κ3) is 4.82. The predicted molar refractivity (Wildman–Crippen MR) is 55.8 cm³/mol. The molecule has 2 N–H and O–H groups in total. The molecule has 9 heteroatoms. The zero-order chi connectivity index (χ0) is 14.5. The van der Waals surface area contributed by atoms with Crippen LogP contribution in [0.15, 0.2) is 18.5 Å². The number of nitrogens with one attached hydrogen (secondary N) is 1. The lowest BCUT2D eigenvalue weighted by Crippen LogP contribution is -2.38. The van der Waals surface area contributed by atoms with Gasteiger partial charge in [-0.1, -0.05) is 0 Å². The van der Waals surface area contributed by atoms with E-state index in [2.05, 4.69) is 4.98 Å². The Morgan fingerprint density at radius 3 is 2.63 bits per heavy atom. The van der Waals surface area contributed by atoms with E-state index < -0.39 is 18.1 Å². The maximum atomic E-state index is 11.8. The maximum Gasteiger partial charge on any atom is 0.471 e. The average molecular weight is 278 g/mol. The van der Waals surface area contributed by atoms with Crippen LogP contribution in [0.3, 0.4) is 0 Å². The molecule has 0 saturated carbocycles. The number of rotatable bonds is 5. The van der Waals surface area contributed by atoms with Crippen LogP contribution in [-0.4, -0.2) is 41.3 Å². The van der Waals surface area contributed by atoms with Crippen molar-refractivity contribution in [3.63, 3.8) is 0 Å². The van der Waals surface area contributed by atoms with Gasteiger partial charge in [0.2, 0.25) is 0 Å². The second-order valence-electron chi connectivity index (χ2n) is 3.32. The summed E-state index contributed by atoms with van der Waals surface area (Å²) in [6.45, 7) is -0.609. The molecule has 1 aromatic rings. The molecule has 0 bridgehead atoms. The summed E-state index contributed by atoms with van der Waals surface area (Å²) in [5.74, 6) is -3.18. The van der Waals surface area contributed by atoms with E-state index in [1.807, 2.05) is 0 Å². The Morgan fingerprint density at radius 2 is 2.05 bits per heavy atom. The second kappa shape index (κ2) is 6.03. The number of amides is 1. The third-order valence-electron chi connectivity index (χ3n) is 1.87. The topological polar surface area (TPSA) is 88.5 Å². The number of alkyl halides is 3. The molecule has 1 aromatic heterocycles. The highest BCUT2D eigenvalue weighted by Crippen LogP contribution is 2.14. The summed E-state index contributed by atoms with van der Waals surface area (Å²) in [7, 11) is 0. The number of nitrogens with zero attached hydrogens (tertiary/aromatic N) is 1. The predicted octanol–water partition coefficient (Wildman–Crippen LogP) is 0.837. The monoisotopic (exact) mass is 278 g/mol. The van der Waals surface area contributed by atoms with Gasteiger partial charge in [-0.3, -0.25) is 9.78 Å². The maximum absolute atomic E-state index is 11.8. The van der Waals surface area contributed by atoms with Crippen molar-refractivity contribution in [2.24, 2.45) is 0 Å². The molecule has 0 radical (unpaired) electrons. The van der Waals surface area contributed by atoms with E-state index in [4.69, 9.17) is 9.84 Å². The molecule has 104 valence electrons. The molecule has 0 aliphatic carbocycles. The lowest BCUT2D eigenvalue weighted by Gasteiger charge is -2.09. The van der Waals surface area contributed by atoms with Gasteiger partial charge in [0, 0.05) is 6.20 Å². The highest BCUT2D eigenvalue weighted by atomic mass is 19.4. The van der Waals surface area contributed by atoms with E-state index in [1.54, 1.807) is 5.32 Å². The van der Waals surface area contributed by atoms with Crippen molar-refractivity contribution in [1.29, 1.82) is 0 Å². The van der Waals surface area contributed by atoms with Crippen molar-refractivity contribution in [3.8, 4) is 5.75 Å². The summed E-state index contributed by atoms with van der Waals surface area (Å²) in [6.07, 6.45) is -2.64. The Hall–Kier alpha value is -2.32. The Morgan fingerprint density at radius 1 is 1.37 bits per heavy atom. The number of carbonyl (C=O) groups is 2. The first-order chi connectivity index (χ1) is 8.80. The molecule has 0 unspecified atom stereocenters. The van der Waals surface area contributed by atoms with Gasteiger partial charge >= 0.3 is 18.1 Å². The van der Waals surface area contributed by atoms with E-state index in [0.717, 1.165) is 6.20 Å². The molecular formula is C10H9F3N2O4. The molecule has 19 heavy (non-hydrogen) atoms. The van der Waals surface area contributed by atoms with Gasteiger partial charge in [-0.2, -0.15) is 13.2 Å². The van der Waals surface area contributed by atoms with Crippen molar-refractivity contribution in [3.05, 3.63) is 24.0 Å². The minimum Gasteiger partial charge on any atom is -0.490 e. The molecular weight excluding hydrogens is 269 g/mol. The molecule has 0 aliphatic heterocycles. The summed E-state index contributed by atoms with van der Waals surface area (Å²) in [4.78, 5) is 24.6. The number of ether oxygens (including phenoxy) is 1. The molecule has 0 fully saturated rings. The quantitative estimate of drug-likeness (QED) is 0.779. The van der Waals surface area contributed by atoms with Crippen LogP contribution in [0.1, 0.15) is 10.4 Å². The fraction of sp³-hybridized carbons (Fsp3) is 0.300. The second-order valence-corrected chi connectivity index (χ2v) is 3.32. The molecule has 1 amide bonds. The highest BCUT2D eigenvalue weighted by molar-refractivity contribution is 5.87. The highest BCUT2D eigenvalue weighted by Gasteiger charge is 2.38. The van der Waals surface area contributed by atoms with Crippen LogP contribution in [0, 0.1) is 0 Å². The summed E-state index contributed by atoms with van der Waals surface area (Å²) in [5.41, 5.74) is -0.114. The van der Waals surface area contributed by atoms with E-state index >= 15 is 0 Å². The number of hydrogen-bond donors (Lipinski definition) is 2. The average Bonchev–Trinajstić information content (AvgIpc) is 2.33. The van der Waals surface area contributed by atoms with Crippen molar-refractivity contribution in [2.75, 3.05) is 13.2 Å². The van der Waals surface area contributed by atoms with Crippen LogP contribution in [0.25, 0.3) is 0 Å². The van der Waals surface area contributed by atoms with Gasteiger partial charge in [-0.15, -0.1) is 0 Å². The summed E-state index contributed by atoms with van der Waals surface area (Å²) in [6, 6.07) is 1.17. The zero-order valence-corrected chi connectivity index (χ0v) is 9.40. The number of hydrogen-bond acceptors (Lipinski definition) is 4. The molecule has 0 saturated heterocycles. The Balaban J connectivity index is 2.40. The SMILES string of the molecule is O=C(O)c1cncc(OCCNC(=O)C(F)(F)F)c1. The molecule has 0 atom stereocenters. The van der Waals surface area contributed by atoms with Gasteiger partial charge in [0.1, 0.15) is 12.4 Å². The number of aromatic carboxylic acids is 1. The molecule has 0 spiro atoms. The summed E-state index contributed by atoms with van der Waals surface area (Å²) >= 11 is 0. The summed E-state index contributed by atoms with van der Waals surface area (Å²) < 4.78 is 40.4. The number of halogens is 3. The Labute approximate surface area is 105 Å². The number of pyridine rings is 1. The van der Waals surface area contributed by atoms with Crippen LogP contribution in [0.5, 0.6) is 5.75 Å². The first-order valence-corrected chi connectivity index (χ1v) is 4.97. The van der Waals surface area contributed by atoms with E-state index in [9.17, 15) is 22.8 Å². The van der Waals surface area contributed by atoms with Gasteiger partial charge < -0.3 is 15.2 Å². The third-order valence-corrected chi connectivity index (χ3v) is 1.87. The molecule has 0 aliphatic rings. The number of aromatic nitrogens is 1. The Bertz CT molecular complexity index is 476. The largest absolute Gasteiger partial charge is 0.490 e. The van der Waals surface area contributed by atoms with Gasteiger partial charge in [0.15, 0.2) is 0 Å². The molecule has 6 nitrogen and oxygen atoms in total. The van der Waals surface area contributed by atoms with E-state index in [-0.39, 0.29) is 24.5 Å². The number of carboxylic acid groups (broad SMARTS) is 1. The minimum atomic E-state index is -4.94. The molecule has 1 rings (SSSR count). The minimum absolute atomic E-state index is 0.0844. The van der Waals surface area contributed by atoms with Gasteiger partial charge in [0.25, 0.3) is 0 Å². The molecule has 0 aromatic carbocycles. The van der Waals surface area contributed by atoms with Crippen LogP contribution in [0.2, 0.25) is 0 Å². The fourth-order valence-electron chi connectivity index (χ4n) is 1.05. The van der Waals surface area contributed by atoms with E-state index in [0.29, 0.717) is 0 Å².